The summed E-state index contributed by atoms with van der Waals surface area (Å²) in [6.07, 6.45) is -1.51. The first kappa shape index (κ1) is 25.6. The number of benzene rings is 1. The highest BCUT2D eigenvalue weighted by Gasteiger charge is 2.33. The molecule has 0 spiro atoms. The first-order chi connectivity index (χ1) is 16.9. The minimum atomic E-state index is -1.35. The lowest BCUT2D eigenvalue weighted by Gasteiger charge is -2.21. The maximum absolute atomic E-state index is 15.1. The van der Waals surface area contributed by atoms with Crippen LogP contribution in [-0.2, 0) is 0 Å². The first-order valence-electron chi connectivity index (χ1n) is 11.2. The molecule has 2 aromatic heterocycles. The van der Waals surface area contributed by atoms with Crippen molar-refractivity contribution in [1.29, 1.82) is 0 Å². The van der Waals surface area contributed by atoms with E-state index in [9.17, 15) is 33.0 Å². The zero-order chi connectivity index (χ0) is 26.5. The fraction of sp³-hybridized carbons (Fsp3) is 0.375. The summed E-state index contributed by atoms with van der Waals surface area (Å²) in [6.45, 7) is 5.00. The molecular weight excluding hydrogens is 484 g/mol. The normalized spacial score (nSPS) is 18.8. The number of hydrogen-bond acceptors (Lipinski definition) is 6. The summed E-state index contributed by atoms with van der Waals surface area (Å²) >= 11 is 0. The number of halogens is 4. The summed E-state index contributed by atoms with van der Waals surface area (Å²) in [6, 6.07) is 1.24. The Hall–Kier alpha value is -3.51. The number of nitrogens with zero attached hydrogens (tertiary/aromatic N) is 3. The van der Waals surface area contributed by atoms with Gasteiger partial charge in [-0.25, -0.2) is 22.5 Å². The van der Waals surface area contributed by atoms with Crippen LogP contribution in [0.15, 0.2) is 29.2 Å². The number of aromatic nitrogens is 2. The third-order valence-corrected chi connectivity index (χ3v) is 6.30. The van der Waals surface area contributed by atoms with Gasteiger partial charge in [0, 0.05) is 37.5 Å². The molecule has 1 saturated heterocycles. The second-order valence-electron chi connectivity index (χ2n) is 9.17. The fourth-order valence-corrected chi connectivity index (χ4v) is 3.93. The standard InChI is InChI=1S/C24H24F4N4O4/c1-10(2)11(3)29-24(36)14-7-32(20-15(26)4-12(25)5-16(20)27)22-13(21(14)35)6-17(28)23(30-22)31-8-18(33)19(34)9-31/h4-7,10-11,18-19,33-34H,8-9H2,1-3H3,(H,29,36)/t11-,18-,19+/m0/s1. The van der Waals surface area contributed by atoms with E-state index in [1.807, 2.05) is 13.8 Å². The molecule has 3 heterocycles. The number of hydrogen-bond donors (Lipinski definition) is 3. The van der Waals surface area contributed by atoms with Gasteiger partial charge in [-0.05, 0) is 18.9 Å². The summed E-state index contributed by atoms with van der Waals surface area (Å²) in [5.41, 5.74) is -2.71. The lowest BCUT2D eigenvalue weighted by atomic mass is 10.1. The van der Waals surface area contributed by atoms with Crippen LogP contribution < -0.4 is 15.6 Å². The molecular formula is C24H24F4N4O4. The maximum Gasteiger partial charge on any atom is 0.257 e. The number of β-amino-alcohol motifs (C(OH)–C–C–N with tert-alkyl or cyclic N) is 2. The molecule has 1 aliphatic rings. The molecule has 1 amide bonds. The van der Waals surface area contributed by atoms with Crippen LogP contribution in [0.1, 0.15) is 31.1 Å². The average molecular weight is 508 g/mol. The fourth-order valence-electron chi connectivity index (χ4n) is 3.93. The predicted molar refractivity (Wildman–Crippen MR) is 123 cm³/mol. The molecule has 3 aromatic rings. The number of aliphatic hydroxyl groups is 2. The zero-order valence-corrected chi connectivity index (χ0v) is 19.6. The number of amides is 1. The number of carbonyl (C=O) groups is 1. The van der Waals surface area contributed by atoms with E-state index in [0.717, 1.165) is 16.8 Å². The van der Waals surface area contributed by atoms with Gasteiger partial charge >= 0.3 is 0 Å². The molecule has 0 unspecified atom stereocenters. The van der Waals surface area contributed by atoms with Crippen molar-refractivity contribution < 1.29 is 32.6 Å². The number of rotatable bonds is 5. The van der Waals surface area contributed by atoms with Crippen LogP contribution in [0.25, 0.3) is 16.7 Å². The second-order valence-corrected chi connectivity index (χ2v) is 9.17. The monoisotopic (exact) mass is 508 g/mol. The van der Waals surface area contributed by atoms with Crippen molar-refractivity contribution in [3.05, 3.63) is 63.5 Å². The summed E-state index contributed by atoms with van der Waals surface area (Å²) in [7, 11) is 0. The van der Waals surface area contributed by atoms with E-state index in [1.54, 1.807) is 6.92 Å². The number of fused-ring (bicyclic) bond motifs is 1. The van der Waals surface area contributed by atoms with E-state index in [0.29, 0.717) is 12.1 Å². The van der Waals surface area contributed by atoms with Crippen molar-refractivity contribution in [2.45, 2.75) is 39.0 Å². The second kappa shape index (κ2) is 9.51. The predicted octanol–water partition coefficient (Wildman–Crippen LogP) is 2.26. The molecule has 1 aliphatic heterocycles. The Labute approximate surface area is 202 Å². The molecule has 0 aliphatic carbocycles. The van der Waals surface area contributed by atoms with Gasteiger partial charge in [0.15, 0.2) is 28.9 Å². The molecule has 1 fully saturated rings. The summed E-state index contributed by atoms with van der Waals surface area (Å²) in [5.74, 6) is -6.15. The van der Waals surface area contributed by atoms with Crippen molar-refractivity contribution in [2.75, 3.05) is 18.0 Å². The number of pyridine rings is 2. The SMILES string of the molecule is CC(C)[C@H](C)NC(=O)c1cn(-c2c(F)cc(F)cc2F)c2nc(N3C[C@@H](O)[C@@H](O)C3)c(F)cc2c1=O. The van der Waals surface area contributed by atoms with Crippen molar-refractivity contribution >= 4 is 22.8 Å². The highest BCUT2D eigenvalue weighted by molar-refractivity contribution is 5.97. The van der Waals surface area contributed by atoms with Gasteiger partial charge in [0.05, 0.1) is 17.6 Å². The minimum absolute atomic E-state index is 0.00329. The van der Waals surface area contributed by atoms with Crippen molar-refractivity contribution in [3.63, 3.8) is 0 Å². The Morgan fingerprint density at radius 1 is 1.03 bits per heavy atom. The van der Waals surface area contributed by atoms with Gasteiger partial charge in [-0.2, -0.15) is 0 Å². The molecule has 3 N–H and O–H groups in total. The highest BCUT2D eigenvalue weighted by Crippen LogP contribution is 2.28. The maximum atomic E-state index is 15.1. The molecule has 4 rings (SSSR count). The van der Waals surface area contributed by atoms with Gasteiger partial charge < -0.3 is 20.4 Å². The molecule has 12 heteroatoms. The van der Waals surface area contributed by atoms with Gasteiger partial charge in [0.25, 0.3) is 5.91 Å². The number of nitrogens with one attached hydrogen (secondary N) is 1. The zero-order valence-electron chi connectivity index (χ0n) is 19.6. The minimum Gasteiger partial charge on any atom is -0.389 e. The van der Waals surface area contributed by atoms with Crippen LogP contribution in [0.2, 0.25) is 0 Å². The number of aliphatic hydroxyl groups excluding tert-OH is 2. The lowest BCUT2D eigenvalue weighted by molar-refractivity contribution is 0.0572. The number of carbonyl (C=O) groups excluding carboxylic acids is 1. The van der Waals surface area contributed by atoms with E-state index < -0.39 is 69.1 Å². The van der Waals surface area contributed by atoms with Crippen LogP contribution in [-0.4, -0.2) is 57.0 Å². The Bertz CT molecular complexity index is 1380. The van der Waals surface area contributed by atoms with Gasteiger partial charge in [0.1, 0.15) is 17.1 Å². The average Bonchev–Trinajstić information content (AvgIpc) is 3.12. The summed E-state index contributed by atoms with van der Waals surface area (Å²) in [4.78, 5) is 31.4. The molecule has 1 aromatic carbocycles. The molecule has 192 valence electrons. The number of anilines is 1. The van der Waals surface area contributed by atoms with E-state index >= 15 is 4.39 Å². The highest BCUT2D eigenvalue weighted by atomic mass is 19.1. The van der Waals surface area contributed by atoms with Crippen LogP contribution in [0, 0.1) is 29.2 Å². The molecule has 0 bridgehead atoms. The van der Waals surface area contributed by atoms with Crippen molar-refractivity contribution in [2.24, 2.45) is 5.92 Å². The third-order valence-electron chi connectivity index (χ3n) is 6.30. The van der Waals surface area contributed by atoms with E-state index in [1.165, 1.54) is 4.90 Å². The van der Waals surface area contributed by atoms with E-state index in [-0.39, 0.29) is 30.9 Å². The van der Waals surface area contributed by atoms with Gasteiger partial charge in [-0.15, -0.1) is 0 Å². The van der Waals surface area contributed by atoms with Crippen LogP contribution in [0.4, 0.5) is 23.4 Å². The van der Waals surface area contributed by atoms with Crippen LogP contribution >= 0.6 is 0 Å². The van der Waals surface area contributed by atoms with E-state index in [4.69, 9.17) is 0 Å². The summed E-state index contributed by atoms with van der Waals surface area (Å²) < 4.78 is 59.0. The molecule has 3 atom stereocenters. The first-order valence-corrected chi connectivity index (χ1v) is 11.2. The smallest absolute Gasteiger partial charge is 0.257 e. The lowest BCUT2D eigenvalue weighted by Crippen LogP contribution is -2.38. The summed E-state index contributed by atoms with van der Waals surface area (Å²) in [5, 5.41) is 21.8. The Morgan fingerprint density at radius 3 is 2.17 bits per heavy atom. The van der Waals surface area contributed by atoms with Crippen LogP contribution in [0.3, 0.4) is 0 Å². The Kier molecular flexibility index (Phi) is 6.76. The molecule has 0 saturated carbocycles. The Balaban J connectivity index is 2.00. The van der Waals surface area contributed by atoms with Gasteiger partial charge in [-0.1, -0.05) is 13.8 Å². The largest absolute Gasteiger partial charge is 0.389 e. The van der Waals surface area contributed by atoms with Crippen LogP contribution in [0.5, 0.6) is 0 Å². The third kappa shape index (κ3) is 4.53. The van der Waals surface area contributed by atoms with Gasteiger partial charge in [0.2, 0.25) is 5.43 Å². The van der Waals surface area contributed by atoms with Crippen molar-refractivity contribution in [3.8, 4) is 5.69 Å². The topological polar surface area (TPSA) is 108 Å². The van der Waals surface area contributed by atoms with Gasteiger partial charge in [-0.3, -0.25) is 14.2 Å². The quantitative estimate of drug-likeness (QED) is 0.457. The molecule has 8 nitrogen and oxygen atoms in total. The van der Waals surface area contributed by atoms with Crippen molar-refractivity contribution in [1.82, 2.24) is 14.9 Å². The molecule has 0 radical (unpaired) electrons. The van der Waals surface area contributed by atoms with E-state index in [2.05, 4.69) is 10.3 Å². The molecule has 36 heavy (non-hydrogen) atoms. The Morgan fingerprint density at radius 2 is 1.61 bits per heavy atom.